The summed E-state index contributed by atoms with van der Waals surface area (Å²) >= 11 is 0. The molecule has 98 valence electrons. The number of carbonyl (C=O) groups is 1. The highest BCUT2D eigenvalue weighted by Gasteiger charge is 2.18. The highest BCUT2D eigenvalue weighted by molar-refractivity contribution is 5.73. The highest BCUT2D eigenvalue weighted by atomic mass is 16.1. The van der Waals surface area contributed by atoms with Crippen molar-refractivity contribution >= 4 is 5.91 Å². The predicted molar refractivity (Wildman–Crippen MR) is 76.0 cm³/mol. The minimum atomic E-state index is 0.0291. The van der Waals surface area contributed by atoms with Crippen LogP contribution in [0.15, 0.2) is 36.5 Å². The van der Waals surface area contributed by atoms with E-state index >= 15 is 0 Å². The first-order valence-electron chi connectivity index (χ1n) is 6.76. The standard InChI is InChI=1S/C16H18N2O/c1-12(19)17-9-11-18-10-8-14-7-6-13-4-2-3-5-15(13)16(14)18/h2-5,8,10H,6-7,9,11H2,1H3,(H,17,19). The van der Waals surface area contributed by atoms with Crippen molar-refractivity contribution in [2.75, 3.05) is 6.54 Å². The van der Waals surface area contributed by atoms with Crippen molar-refractivity contribution < 1.29 is 4.79 Å². The van der Waals surface area contributed by atoms with E-state index in [4.69, 9.17) is 0 Å². The number of aryl methyl sites for hydroxylation is 2. The lowest BCUT2D eigenvalue weighted by Gasteiger charge is -2.19. The number of rotatable bonds is 3. The zero-order valence-electron chi connectivity index (χ0n) is 11.1. The van der Waals surface area contributed by atoms with E-state index in [-0.39, 0.29) is 5.91 Å². The summed E-state index contributed by atoms with van der Waals surface area (Å²) < 4.78 is 2.25. The fraction of sp³-hybridized carbons (Fsp3) is 0.312. The van der Waals surface area contributed by atoms with Gasteiger partial charge in [0, 0.05) is 31.8 Å². The maximum Gasteiger partial charge on any atom is 0.216 e. The summed E-state index contributed by atoms with van der Waals surface area (Å²) in [5.41, 5.74) is 5.51. The molecule has 3 nitrogen and oxygen atoms in total. The van der Waals surface area contributed by atoms with Gasteiger partial charge in [0.05, 0.1) is 5.69 Å². The van der Waals surface area contributed by atoms with Crippen LogP contribution in [0.1, 0.15) is 18.1 Å². The number of aromatic nitrogens is 1. The Bertz CT molecular complexity index is 613. The first-order chi connectivity index (χ1) is 9.25. The Kier molecular flexibility index (Phi) is 3.11. The van der Waals surface area contributed by atoms with Crippen molar-refractivity contribution in [2.24, 2.45) is 0 Å². The third-order valence-corrected chi connectivity index (χ3v) is 3.71. The van der Waals surface area contributed by atoms with Gasteiger partial charge in [-0.15, -0.1) is 0 Å². The summed E-state index contributed by atoms with van der Waals surface area (Å²) in [7, 11) is 0. The molecule has 0 aliphatic heterocycles. The first-order valence-corrected chi connectivity index (χ1v) is 6.76. The Labute approximate surface area is 113 Å². The van der Waals surface area contributed by atoms with Gasteiger partial charge in [-0.1, -0.05) is 24.3 Å². The number of carbonyl (C=O) groups excluding carboxylic acids is 1. The number of benzene rings is 1. The predicted octanol–water partition coefficient (Wildman–Crippen LogP) is 2.39. The average molecular weight is 254 g/mol. The van der Waals surface area contributed by atoms with Gasteiger partial charge in [0.25, 0.3) is 0 Å². The lowest BCUT2D eigenvalue weighted by Crippen LogP contribution is -2.24. The Morgan fingerprint density at radius 2 is 2.00 bits per heavy atom. The summed E-state index contributed by atoms with van der Waals surface area (Å²) in [6, 6.07) is 10.8. The molecule has 1 amide bonds. The lowest BCUT2D eigenvalue weighted by molar-refractivity contribution is -0.118. The molecular weight excluding hydrogens is 236 g/mol. The van der Waals surface area contributed by atoms with Crippen LogP contribution in [-0.4, -0.2) is 17.0 Å². The third-order valence-electron chi connectivity index (χ3n) is 3.71. The fourth-order valence-electron chi connectivity index (χ4n) is 2.82. The van der Waals surface area contributed by atoms with Crippen LogP contribution in [0, 0.1) is 0 Å². The van der Waals surface area contributed by atoms with E-state index in [2.05, 4.69) is 46.4 Å². The largest absolute Gasteiger partial charge is 0.355 e. The molecule has 0 spiro atoms. The molecule has 0 radical (unpaired) electrons. The van der Waals surface area contributed by atoms with Crippen LogP contribution in [0.3, 0.4) is 0 Å². The summed E-state index contributed by atoms with van der Waals surface area (Å²) in [5, 5.41) is 2.85. The maximum atomic E-state index is 10.9. The minimum absolute atomic E-state index is 0.0291. The maximum absolute atomic E-state index is 10.9. The van der Waals surface area contributed by atoms with Crippen molar-refractivity contribution in [3.63, 3.8) is 0 Å². The molecule has 1 aliphatic carbocycles. The number of amides is 1. The van der Waals surface area contributed by atoms with Gasteiger partial charge >= 0.3 is 0 Å². The lowest BCUT2D eigenvalue weighted by atomic mass is 9.90. The molecule has 19 heavy (non-hydrogen) atoms. The number of fused-ring (bicyclic) bond motifs is 3. The second-order valence-corrected chi connectivity index (χ2v) is 5.02. The van der Waals surface area contributed by atoms with Crippen molar-refractivity contribution in [2.45, 2.75) is 26.3 Å². The number of hydrogen-bond acceptors (Lipinski definition) is 1. The van der Waals surface area contributed by atoms with Gasteiger partial charge in [0.15, 0.2) is 0 Å². The Morgan fingerprint density at radius 1 is 1.21 bits per heavy atom. The van der Waals surface area contributed by atoms with Crippen LogP contribution in [-0.2, 0) is 24.2 Å². The van der Waals surface area contributed by atoms with Gasteiger partial charge in [-0.3, -0.25) is 4.79 Å². The molecule has 0 saturated heterocycles. The van der Waals surface area contributed by atoms with E-state index in [0.29, 0.717) is 6.54 Å². The van der Waals surface area contributed by atoms with Crippen LogP contribution < -0.4 is 5.32 Å². The molecular formula is C16H18N2O. The number of nitrogens with zero attached hydrogens (tertiary/aromatic N) is 1. The van der Waals surface area contributed by atoms with Gasteiger partial charge in [0.1, 0.15) is 0 Å². The normalized spacial score (nSPS) is 12.7. The molecule has 1 N–H and O–H groups in total. The van der Waals surface area contributed by atoms with E-state index in [9.17, 15) is 4.79 Å². The van der Waals surface area contributed by atoms with E-state index in [1.54, 1.807) is 6.92 Å². The summed E-state index contributed by atoms with van der Waals surface area (Å²) in [6.45, 7) is 3.06. The molecule has 1 aliphatic rings. The van der Waals surface area contributed by atoms with Crippen LogP contribution in [0.4, 0.5) is 0 Å². The van der Waals surface area contributed by atoms with E-state index in [1.807, 2.05) is 0 Å². The second-order valence-electron chi connectivity index (χ2n) is 5.02. The Hall–Kier alpha value is -2.03. The second kappa shape index (κ2) is 4.92. The smallest absolute Gasteiger partial charge is 0.216 e. The summed E-state index contributed by atoms with van der Waals surface area (Å²) in [6.07, 6.45) is 4.37. The minimum Gasteiger partial charge on any atom is -0.355 e. The zero-order chi connectivity index (χ0) is 13.2. The summed E-state index contributed by atoms with van der Waals surface area (Å²) in [4.78, 5) is 10.9. The quantitative estimate of drug-likeness (QED) is 0.896. The van der Waals surface area contributed by atoms with Gasteiger partial charge in [-0.05, 0) is 30.0 Å². The van der Waals surface area contributed by atoms with Crippen LogP contribution >= 0.6 is 0 Å². The highest BCUT2D eigenvalue weighted by Crippen LogP contribution is 2.33. The molecule has 0 bridgehead atoms. The molecule has 3 rings (SSSR count). The van der Waals surface area contributed by atoms with E-state index in [1.165, 1.54) is 22.4 Å². The van der Waals surface area contributed by atoms with Gasteiger partial charge in [-0.2, -0.15) is 0 Å². The first kappa shape index (κ1) is 12.0. The average Bonchev–Trinajstić information content (AvgIpc) is 2.82. The van der Waals surface area contributed by atoms with Crippen molar-refractivity contribution in [1.82, 2.24) is 9.88 Å². The van der Waals surface area contributed by atoms with E-state index < -0.39 is 0 Å². The molecule has 0 fully saturated rings. The van der Waals surface area contributed by atoms with Crippen LogP contribution in [0.2, 0.25) is 0 Å². The topological polar surface area (TPSA) is 34.0 Å². The van der Waals surface area contributed by atoms with Gasteiger partial charge < -0.3 is 9.88 Å². The summed E-state index contributed by atoms with van der Waals surface area (Å²) in [5.74, 6) is 0.0291. The van der Waals surface area contributed by atoms with Crippen LogP contribution in [0.5, 0.6) is 0 Å². The number of hydrogen-bond donors (Lipinski definition) is 1. The molecule has 0 unspecified atom stereocenters. The molecule has 2 aromatic rings. The molecule has 1 heterocycles. The SMILES string of the molecule is CC(=O)NCCn1ccc2c1-c1ccccc1CC2. The molecule has 0 saturated carbocycles. The fourth-order valence-corrected chi connectivity index (χ4v) is 2.82. The third kappa shape index (κ3) is 2.28. The van der Waals surface area contributed by atoms with Crippen molar-refractivity contribution in [3.05, 3.63) is 47.7 Å². The van der Waals surface area contributed by atoms with Crippen molar-refractivity contribution in [3.8, 4) is 11.3 Å². The van der Waals surface area contributed by atoms with Crippen molar-refractivity contribution in [1.29, 1.82) is 0 Å². The van der Waals surface area contributed by atoms with E-state index in [0.717, 1.165) is 19.4 Å². The Morgan fingerprint density at radius 3 is 2.84 bits per heavy atom. The number of nitrogens with one attached hydrogen (secondary N) is 1. The molecule has 1 aromatic carbocycles. The monoisotopic (exact) mass is 254 g/mol. The van der Waals surface area contributed by atoms with Gasteiger partial charge in [-0.25, -0.2) is 0 Å². The van der Waals surface area contributed by atoms with Crippen LogP contribution in [0.25, 0.3) is 11.3 Å². The molecule has 0 atom stereocenters. The molecule has 1 aromatic heterocycles. The Balaban J connectivity index is 1.90. The van der Waals surface area contributed by atoms with Gasteiger partial charge in [0.2, 0.25) is 5.91 Å². The molecule has 3 heteroatoms. The zero-order valence-corrected chi connectivity index (χ0v) is 11.1.